The normalized spacial score (nSPS) is 13.9. The molecule has 0 unspecified atom stereocenters. The van der Waals surface area contributed by atoms with E-state index in [1.54, 1.807) is 6.20 Å². The molecule has 7 heteroatoms. The minimum absolute atomic E-state index is 0.0353. The third-order valence-corrected chi connectivity index (χ3v) is 6.49. The van der Waals surface area contributed by atoms with Crippen LogP contribution in [0.15, 0.2) is 60.8 Å². The Labute approximate surface area is 205 Å². The average Bonchev–Trinajstić information content (AvgIpc) is 3.27. The number of carbonyl (C=O) groups excluding carboxylic acids is 1. The van der Waals surface area contributed by atoms with Crippen LogP contribution in [0.25, 0.3) is 11.0 Å². The molecule has 3 heterocycles. The number of aromatic nitrogens is 3. The van der Waals surface area contributed by atoms with E-state index in [2.05, 4.69) is 47.3 Å². The molecule has 4 aromatic rings. The number of ether oxygens (including phenoxy) is 1. The number of aryl methyl sites for hydroxylation is 2. The molecule has 1 aliphatic rings. The van der Waals surface area contributed by atoms with Gasteiger partial charge in [-0.15, -0.1) is 0 Å². The molecule has 7 nitrogen and oxygen atoms in total. The van der Waals surface area contributed by atoms with E-state index in [1.165, 1.54) is 5.56 Å². The Kier molecular flexibility index (Phi) is 6.40. The Hall–Kier alpha value is -3.87. The van der Waals surface area contributed by atoms with Gasteiger partial charge in [0.2, 0.25) is 0 Å². The zero-order chi connectivity index (χ0) is 24.4. The van der Waals surface area contributed by atoms with Crippen LogP contribution in [0.4, 0.5) is 5.69 Å². The highest BCUT2D eigenvalue weighted by Crippen LogP contribution is 2.29. The van der Waals surface area contributed by atoms with Crippen LogP contribution in [0, 0.1) is 13.8 Å². The van der Waals surface area contributed by atoms with Crippen molar-refractivity contribution in [1.29, 1.82) is 0 Å². The SMILES string of the molecule is CCOc1ccccc1N1CCN(C(=O)c2cc(C)nc3c2cnn3Cc2ccc(C)cc2)CC1. The highest BCUT2D eigenvalue weighted by Gasteiger charge is 2.26. The number of fused-ring (bicyclic) bond motifs is 1. The molecule has 0 radical (unpaired) electrons. The summed E-state index contributed by atoms with van der Waals surface area (Å²) in [4.78, 5) is 22.6. The third kappa shape index (κ3) is 4.71. The van der Waals surface area contributed by atoms with Gasteiger partial charge in [0.05, 0.1) is 36.0 Å². The lowest BCUT2D eigenvalue weighted by molar-refractivity contribution is 0.0748. The van der Waals surface area contributed by atoms with Crippen LogP contribution < -0.4 is 9.64 Å². The van der Waals surface area contributed by atoms with Crippen molar-refractivity contribution >= 4 is 22.6 Å². The van der Waals surface area contributed by atoms with Crippen LogP contribution in [0.3, 0.4) is 0 Å². The molecular weight excluding hydrogens is 438 g/mol. The zero-order valence-corrected chi connectivity index (χ0v) is 20.6. The maximum absolute atomic E-state index is 13.6. The molecule has 0 atom stereocenters. The number of hydrogen-bond donors (Lipinski definition) is 0. The van der Waals surface area contributed by atoms with E-state index >= 15 is 0 Å². The van der Waals surface area contributed by atoms with E-state index < -0.39 is 0 Å². The summed E-state index contributed by atoms with van der Waals surface area (Å²) in [6.45, 7) is 10.1. The lowest BCUT2D eigenvalue weighted by Gasteiger charge is -2.36. The van der Waals surface area contributed by atoms with Gasteiger partial charge in [-0.3, -0.25) is 4.79 Å². The second kappa shape index (κ2) is 9.78. The summed E-state index contributed by atoms with van der Waals surface area (Å²) in [5, 5.41) is 5.39. The molecule has 0 N–H and O–H groups in total. The van der Waals surface area contributed by atoms with Crippen molar-refractivity contribution in [1.82, 2.24) is 19.7 Å². The van der Waals surface area contributed by atoms with Crippen LogP contribution in [0.1, 0.15) is 34.1 Å². The Bertz CT molecular complexity index is 1340. The molecule has 0 spiro atoms. The third-order valence-electron chi connectivity index (χ3n) is 6.49. The fourth-order valence-electron chi connectivity index (χ4n) is 4.65. The van der Waals surface area contributed by atoms with Crippen LogP contribution in [-0.4, -0.2) is 58.4 Å². The Morgan fingerprint density at radius 3 is 2.49 bits per heavy atom. The highest BCUT2D eigenvalue weighted by atomic mass is 16.5. The van der Waals surface area contributed by atoms with Crippen molar-refractivity contribution in [2.24, 2.45) is 0 Å². The van der Waals surface area contributed by atoms with Gasteiger partial charge in [0, 0.05) is 31.9 Å². The molecule has 0 bridgehead atoms. The van der Waals surface area contributed by atoms with Gasteiger partial charge in [0.1, 0.15) is 5.75 Å². The molecule has 0 aliphatic carbocycles. The maximum Gasteiger partial charge on any atom is 0.254 e. The van der Waals surface area contributed by atoms with Crippen molar-refractivity contribution in [2.75, 3.05) is 37.7 Å². The fourth-order valence-corrected chi connectivity index (χ4v) is 4.65. The minimum Gasteiger partial charge on any atom is -0.492 e. The lowest BCUT2D eigenvalue weighted by atomic mass is 10.1. The molecular formula is C28H31N5O2. The summed E-state index contributed by atoms with van der Waals surface area (Å²) in [5.74, 6) is 0.926. The van der Waals surface area contributed by atoms with Gasteiger partial charge in [0.25, 0.3) is 5.91 Å². The van der Waals surface area contributed by atoms with Crippen molar-refractivity contribution < 1.29 is 9.53 Å². The predicted molar refractivity (Wildman–Crippen MR) is 138 cm³/mol. The summed E-state index contributed by atoms with van der Waals surface area (Å²) in [6.07, 6.45) is 1.78. The van der Waals surface area contributed by atoms with E-state index in [-0.39, 0.29) is 5.91 Å². The summed E-state index contributed by atoms with van der Waals surface area (Å²) < 4.78 is 7.69. The number of hydrogen-bond acceptors (Lipinski definition) is 5. The topological polar surface area (TPSA) is 63.5 Å². The predicted octanol–water partition coefficient (Wildman–Crippen LogP) is 4.46. The monoisotopic (exact) mass is 469 g/mol. The fraction of sp³-hybridized carbons (Fsp3) is 0.321. The first-order valence-corrected chi connectivity index (χ1v) is 12.2. The molecule has 1 aliphatic heterocycles. The first-order chi connectivity index (χ1) is 17.0. The number of para-hydroxylation sites is 2. The first-order valence-electron chi connectivity index (χ1n) is 12.2. The van der Waals surface area contributed by atoms with Gasteiger partial charge in [-0.1, -0.05) is 42.0 Å². The molecule has 2 aromatic heterocycles. The van der Waals surface area contributed by atoms with Crippen LogP contribution in [-0.2, 0) is 6.54 Å². The number of anilines is 1. The number of benzene rings is 2. The quantitative estimate of drug-likeness (QED) is 0.417. The van der Waals surface area contributed by atoms with E-state index in [9.17, 15) is 4.79 Å². The lowest BCUT2D eigenvalue weighted by Crippen LogP contribution is -2.49. The van der Waals surface area contributed by atoms with Crippen molar-refractivity contribution in [3.63, 3.8) is 0 Å². The Morgan fingerprint density at radius 2 is 1.74 bits per heavy atom. The van der Waals surface area contributed by atoms with Crippen molar-refractivity contribution in [2.45, 2.75) is 27.3 Å². The summed E-state index contributed by atoms with van der Waals surface area (Å²) >= 11 is 0. The number of piperazine rings is 1. The molecule has 35 heavy (non-hydrogen) atoms. The van der Waals surface area contributed by atoms with Crippen molar-refractivity contribution in [3.8, 4) is 5.75 Å². The second-order valence-electron chi connectivity index (χ2n) is 9.02. The van der Waals surface area contributed by atoms with Gasteiger partial charge in [-0.2, -0.15) is 5.10 Å². The maximum atomic E-state index is 13.6. The van der Waals surface area contributed by atoms with Gasteiger partial charge in [-0.05, 0) is 44.5 Å². The molecule has 1 saturated heterocycles. The van der Waals surface area contributed by atoms with Crippen LogP contribution >= 0.6 is 0 Å². The van der Waals surface area contributed by atoms with Crippen LogP contribution in [0.2, 0.25) is 0 Å². The van der Waals surface area contributed by atoms with E-state index in [4.69, 9.17) is 9.72 Å². The van der Waals surface area contributed by atoms with E-state index in [0.717, 1.165) is 46.8 Å². The summed E-state index contributed by atoms with van der Waals surface area (Å²) in [6, 6.07) is 18.4. The van der Waals surface area contributed by atoms with Gasteiger partial charge < -0.3 is 14.5 Å². The number of rotatable bonds is 6. The zero-order valence-electron chi connectivity index (χ0n) is 20.6. The largest absolute Gasteiger partial charge is 0.492 e. The van der Waals surface area contributed by atoms with E-state index in [1.807, 2.05) is 47.7 Å². The molecule has 2 aromatic carbocycles. The summed E-state index contributed by atoms with van der Waals surface area (Å²) in [7, 11) is 0. The number of carbonyl (C=O) groups is 1. The smallest absolute Gasteiger partial charge is 0.254 e. The summed E-state index contributed by atoms with van der Waals surface area (Å²) in [5.41, 5.74) is 5.70. The molecule has 1 amide bonds. The Balaban J connectivity index is 1.35. The van der Waals surface area contributed by atoms with Crippen molar-refractivity contribution in [3.05, 3.63) is 83.2 Å². The van der Waals surface area contributed by atoms with E-state index in [0.29, 0.717) is 31.8 Å². The minimum atomic E-state index is 0.0353. The van der Waals surface area contributed by atoms with Gasteiger partial charge >= 0.3 is 0 Å². The first kappa shape index (κ1) is 22.9. The standard InChI is InChI=1S/C28H31N5O2/c1-4-35-26-8-6-5-7-25(26)31-13-15-32(16-14-31)28(34)23-17-21(3)30-27-24(23)18-29-33(27)19-22-11-9-20(2)10-12-22/h5-12,17-18H,4,13-16,19H2,1-3H3. The van der Waals surface area contributed by atoms with Crippen LogP contribution in [0.5, 0.6) is 5.75 Å². The Morgan fingerprint density at radius 1 is 1.00 bits per heavy atom. The number of pyridine rings is 1. The van der Waals surface area contributed by atoms with Gasteiger partial charge in [0.15, 0.2) is 5.65 Å². The molecule has 180 valence electrons. The molecule has 5 rings (SSSR count). The average molecular weight is 470 g/mol. The number of amides is 1. The van der Waals surface area contributed by atoms with Gasteiger partial charge in [-0.25, -0.2) is 9.67 Å². The number of nitrogens with zero attached hydrogens (tertiary/aromatic N) is 5. The second-order valence-corrected chi connectivity index (χ2v) is 9.02. The molecule has 1 fully saturated rings. The molecule has 0 saturated carbocycles. The highest BCUT2D eigenvalue weighted by molar-refractivity contribution is 6.05.